The Morgan fingerprint density at radius 1 is 1.10 bits per heavy atom. The Labute approximate surface area is 125 Å². The minimum atomic E-state index is 0.400. The summed E-state index contributed by atoms with van der Waals surface area (Å²) in [6, 6.07) is 13.1. The van der Waals surface area contributed by atoms with E-state index in [1.807, 2.05) is 34.9 Å². The van der Waals surface area contributed by atoms with Crippen molar-refractivity contribution >= 4 is 40.5 Å². The Hall–Kier alpha value is -1.84. The van der Waals surface area contributed by atoms with Crippen molar-refractivity contribution in [1.82, 2.24) is 9.55 Å². The van der Waals surface area contributed by atoms with E-state index >= 15 is 0 Å². The minimum absolute atomic E-state index is 0.400. The highest BCUT2D eigenvalue weighted by atomic mass is 35.5. The smallest absolute Gasteiger partial charge is 0.185 e. The molecular formula is C15H10Cl2N2O. The van der Waals surface area contributed by atoms with E-state index in [1.54, 1.807) is 12.1 Å². The van der Waals surface area contributed by atoms with Gasteiger partial charge in [-0.25, -0.2) is 4.98 Å². The summed E-state index contributed by atoms with van der Waals surface area (Å²) in [5.41, 5.74) is 2.68. The van der Waals surface area contributed by atoms with Crippen LogP contribution in [-0.2, 0) is 6.54 Å². The minimum Gasteiger partial charge on any atom is -0.317 e. The van der Waals surface area contributed by atoms with Crippen molar-refractivity contribution in [3.05, 3.63) is 63.9 Å². The lowest BCUT2D eigenvalue weighted by molar-refractivity contribution is 0.111. The van der Waals surface area contributed by atoms with Gasteiger partial charge in [0.25, 0.3) is 0 Å². The summed E-state index contributed by atoms with van der Waals surface area (Å²) in [7, 11) is 0. The zero-order valence-electron chi connectivity index (χ0n) is 10.4. The van der Waals surface area contributed by atoms with Gasteiger partial charge in [0.15, 0.2) is 12.1 Å². The van der Waals surface area contributed by atoms with Crippen LogP contribution in [-0.4, -0.2) is 15.8 Å². The van der Waals surface area contributed by atoms with Crippen molar-refractivity contribution in [2.45, 2.75) is 6.54 Å². The van der Waals surface area contributed by atoms with Gasteiger partial charge >= 0.3 is 0 Å². The fourth-order valence-electron chi connectivity index (χ4n) is 2.17. The molecule has 0 spiro atoms. The average Bonchev–Trinajstić information content (AvgIpc) is 2.81. The Bertz CT molecular complexity index is 796. The van der Waals surface area contributed by atoms with Gasteiger partial charge in [0.2, 0.25) is 0 Å². The van der Waals surface area contributed by atoms with Gasteiger partial charge in [0.05, 0.1) is 21.1 Å². The molecule has 3 aromatic rings. The number of hydrogen-bond acceptors (Lipinski definition) is 2. The molecule has 0 unspecified atom stereocenters. The number of imidazole rings is 1. The number of aromatic nitrogens is 2. The first-order valence-electron chi connectivity index (χ1n) is 6.03. The van der Waals surface area contributed by atoms with Crippen LogP contribution in [0.5, 0.6) is 0 Å². The molecule has 0 radical (unpaired) electrons. The maximum absolute atomic E-state index is 11.2. The monoisotopic (exact) mass is 304 g/mol. The molecular weight excluding hydrogens is 295 g/mol. The molecule has 0 aliphatic rings. The van der Waals surface area contributed by atoms with Crippen molar-refractivity contribution in [2.75, 3.05) is 0 Å². The first-order valence-corrected chi connectivity index (χ1v) is 6.79. The van der Waals surface area contributed by atoms with Crippen LogP contribution in [0, 0.1) is 0 Å². The quantitative estimate of drug-likeness (QED) is 0.680. The van der Waals surface area contributed by atoms with Crippen LogP contribution in [0.3, 0.4) is 0 Å². The number of halogens is 2. The highest BCUT2D eigenvalue weighted by molar-refractivity contribution is 6.42. The highest BCUT2D eigenvalue weighted by Crippen LogP contribution is 2.24. The van der Waals surface area contributed by atoms with E-state index in [2.05, 4.69) is 4.98 Å². The molecule has 100 valence electrons. The number of carbonyl (C=O) groups excluding carboxylic acids is 1. The fourth-order valence-corrected chi connectivity index (χ4v) is 2.49. The van der Waals surface area contributed by atoms with Crippen LogP contribution < -0.4 is 0 Å². The van der Waals surface area contributed by atoms with Gasteiger partial charge in [-0.3, -0.25) is 4.79 Å². The molecule has 0 atom stereocenters. The van der Waals surface area contributed by atoms with Crippen molar-refractivity contribution in [2.24, 2.45) is 0 Å². The molecule has 0 saturated carbocycles. The topological polar surface area (TPSA) is 34.9 Å². The van der Waals surface area contributed by atoms with E-state index in [9.17, 15) is 4.79 Å². The first-order chi connectivity index (χ1) is 9.69. The third kappa shape index (κ3) is 2.30. The van der Waals surface area contributed by atoms with Crippen LogP contribution in [0.25, 0.3) is 11.0 Å². The largest absolute Gasteiger partial charge is 0.317 e. The van der Waals surface area contributed by atoms with Gasteiger partial charge in [0.1, 0.15) is 0 Å². The zero-order chi connectivity index (χ0) is 14.1. The summed E-state index contributed by atoms with van der Waals surface area (Å²) in [6.07, 6.45) is 0.761. The van der Waals surface area contributed by atoms with Crippen LogP contribution >= 0.6 is 23.2 Å². The third-order valence-corrected chi connectivity index (χ3v) is 3.85. The van der Waals surface area contributed by atoms with Crippen molar-refractivity contribution in [3.63, 3.8) is 0 Å². The zero-order valence-corrected chi connectivity index (χ0v) is 11.9. The number of aldehydes is 1. The van der Waals surface area contributed by atoms with Gasteiger partial charge in [-0.2, -0.15) is 0 Å². The number of rotatable bonds is 3. The molecule has 0 amide bonds. The third-order valence-electron chi connectivity index (χ3n) is 3.11. The molecule has 0 N–H and O–H groups in total. The number of nitrogens with zero attached hydrogens (tertiary/aromatic N) is 2. The second-order valence-electron chi connectivity index (χ2n) is 4.41. The average molecular weight is 305 g/mol. The molecule has 0 fully saturated rings. The van der Waals surface area contributed by atoms with Crippen molar-refractivity contribution < 1.29 is 4.79 Å². The number of fused-ring (bicyclic) bond motifs is 1. The summed E-state index contributed by atoms with van der Waals surface area (Å²) in [6.45, 7) is 0.519. The van der Waals surface area contributed by atoms with E-state index in [1.165, 1.54) is 0 Å². The second-order valence-corrected chi connectivity index (χ2v) is 5.23. The fraction of sp³-hybridized carbons (Fsp3) is 0.0667. The molecule has 2 aromatic carbocycles. The van der Waals surface area contributed by atoms with Gasteiger partial charge < -0.3 is 4.57 Å². The summed E-state index contributed by atoms with van der Waals surface area (Å²) in [5, 5.41) is 1.02. The molecule has 3 rings (SSSR count). The lowest BCUT2D eigenvalue weighted by Gasteiger charge is -2.07. The lowest BCUT2D eigenvalue weighted by atomic mass is 10.2. The lowest BCUT2D eigenvalue weighted by Crippen LogP contribution is -2.04. The number of benzene rings is 2. The Morgan fingerprint density at radius 3 is 2.65 bits per heavy atom. The van der Waals surface area contributed by atoms with Crippen molar-refractivity contribution in [1.29, 1.82) is 0 Å². The molecule has 1 heterocycles. The van der Waals surface area contributed by atoms with Crippen LogP contribution in [0.2, 0.25) is 10.0 Å². The van der Waals surface area contributed by atoms with Gasteiger partial charge in [-0.15, -0.1) is 0 Å². The molecule has 5 heteroatoms. The van der Waals surface area contributed by atoms with Crippen LogP contribution in [0.1, 0.15) is 16.2 Å². The standard InChI is InChI=1S/C15H10Cl2N2O/c16-11-6-5-10(7-12(11)17)8-19-14-4-2-1-3-13(14)18-15(19)9-20/h1-7,9H,8H2. The number of hydrogen-bond donors (Lipinski definition) is 0. The van der Waals surface area contributed by atoms with Gasteiger partial charge in [-0.1, -0.05) is 41.4 Å². The van der Waals surface area contributed by atoms with E-state index in [-0.39, 0.29) is 0 Å². The maximum Gasteiger partial charge on any atom is 0.185 e. The molecule has 3 nitrogen and oxygen atoms in total. The summed E-state index contributed by atoms with van der Waals surface area (Å²) in [5.74, 6) is 0.400. The molecule has 0 aliphatic heterocycles. The molecule has 0 saturated heterocycles. The van der Waals surface area contributed by atoms with E-state index < -0.39 is 0 Å². The molecule has 0 aliphatic carbocycles. The van der Waals surface area contributed by atoms with E-state index in [0.29, 0.717) is 22.4 Å². The van der Waals surface area contributed by atoms with Gasteiger partial charge in [-0.05, 0) is 29.8 Å². The normalized spacial score (nSPS) is 10.9. The first kappa shape index (κ1) is 13.2. The molecule has 1 aromatic heterocycles. The van der Waals surface area contributed by atoms with Gasteiger partial charge in [0, 0.05) is 6.54 Å². The molecule has 20 heavy (non-hydrogen) atoms. The van der Waals surface area contributed by atoms with Crippen molar-refractivity contribution in [3.8, 4) is 0 Å². The predicted octanol–water partition coefficient (Wildman–Crippen LogP) is 4.20. The maximum atomic E-state index is 11.2. The SMILES string of the molecule is O=Cc1nc2ccccc2n1Cc1ccc(Cl)c(Cl)c1. The molecule has 0 bridgehead atoms. The van der Waals surface area contributed by atoms with Crippen LogP contribution in [0.15, 0.2) is 42.5 Å². The van der Waals surface area contributed by atoms with E-state index in [0.717, 1.165) is 22.9 Å². The second kappa shape index (κ2) is 5.27. The summed E-state index contributed by atoms with van der Waals surface area (Å²) in [4.78, 5) is 15.5. The Morgan fingerprint density at radius 2 is 1.90 bits per heavy atom. The summed E-state index contributed by atoms with van der Waals surface area (Å²) >= 11 is 11.9. The number of carbonyl (C=O) groups is 1. The predicted molar refractivity (Wildman–Crippen MR) is 80.7 cm³/mol. The summed E-state index contributed by atoms with van der Waals surface area (Å²) < 4.78 is 1.86. The Balaban J connectivity index is 2.09. The van der Waals surface area contributed by atoms with E-state index in [4.69, 9.17) is 23.2 Å². The Kier molecular flexibility index (Phi) is 3.47. The highest BCUT2D eigenvalue weighted by Gasteiger charge is 2.10. The number of para-hydroxylation sites is 2. The van der Waals surface area contributed by atoms with Crippen LogP contribution in [0.4, 0.5) is 0 Å².